The third kappa shape index (κ3) is 3.44. The SMILES string of the molecule is COc1c(Cl)cccc1C(O)c1cc(Cl)ccc1NC(=O)O. The van der Waals surface area contributed by atoms with Gasteiger partial charge >= 0.3 is 6.09 Å². The first-order valence-corrected chi connectivity index (χ1v) is 6.99. The molecule has 5 nitrogen and oxygen atoms in total. The zero-order valence-electron chi connectivity index (χ0n) is 11.5. The maximum absolute atomic E-state index is 10.9. The number of aliphatic hydroxyl groups excluding tert-OH is 1. The minimum Gasteiger partial charge on any atom is -0.495 e. The van der Waals surface area contributed by atoms with Crippen LogP contribution < -0.4 is 10.1 Å². The summed E-state index contributed by atoms with van der Waals surface area (Å²) in [4.78, 5) is 10.9. The predicted octanol–water partition coefficient (Wildman–Crippen LogP) is 4.17. The Bertz CT molecular complexity index is 706. The van der Waals surface area contributed by atoms with Crippen LogP contribution in [0.15, 0.2) is 36.4 Å². The van der Waals surface area contributed by atoms with Crippen molar-refractivity contribution in [3.8, 4) is 5.75 Å². The van der Waals surface area contributed by atoms with E-state index in [-0.39, 0.29) is 5.69 Å². The number of hydrogen-bond acceptors (Lipinski definition) is 3. The molecule has 0 aliphatic rings. The van der Waals surface area contributed by atoms with Crippen molar-refractivity contribution >= 4 is 35.0 Å². The van der Waals surface area contributed by atoms with Crippen LogP contribution in [0.5, 0.6) is 5.75 Å². The summed E-state index contributed by atoms with van der Waals surface area (Å²) in [5.74, 6) is 0.318. The number of rotatable bonds is 4. The van der Waals surface area contributed by atoms with Gasteiger partial charge in [0, 0.05) is 16.1 Å². The van der Waals surface area contributed by atoms with Crippen LogP contribution in [0.25, 0.3) is 0 Å². The second-order valence-electron chi connectivity index (χ2n) is 4.43. The lowest BCUT2D eigenvalue weighted by Crippen LogP contribution is -2.12. The third-order valence-corrected chi connectivity index (χ3v) is 3.58. The summed E-state index contributed by atoms with van der Waals surface area (Å²) in [6.45, 7) is 0. The third-order valence-electron chi connectivity index (χ3n) is 3.05. The highest BCUT2D eigenvalue weighted by Gasteiger charge is 2.21. The summed E-state index contributed by atoms with van der Waals surface area (Å²) in [5, 5.41) is 22.4. The molecule has 0 fully saturated rings. The highest BCUT2D eigenvalue weighted by atomic mass is 35.5. The van der Waals surface area contributed by atoms with E-state index < -0.39 is 12.2 Å². The molecule has 0 radical (unpaired) electrons. The van der Waals surface area contributed by atoms with Gasteiger partial charge in [-0.25, -0.2) is 4.79 Å². The number of carboxylic acid groups (broad SMARTS) is 1. The number of aliphatic hydroxyl groups is 1. The van der Waals surface area contributed by atoms with Crippen molar-refractivity contribution in [2.24, 2.45) is 0 Å². The standard InChI is InChI=1S/C15H13Cl2NO4/c1-22-14-9(3-2-4-11(14)17)13(19)10-7-8(16)5-6-12(10)18-15(20)21/h2-7,13,18-19H,1H3,(H,20,21). The predicted molar refractivity (Wildman–Crippen MR) is 85.2 cm³/mol. The van der Waals surface area contributed by atoms with E-state index in [1.807, 2.05) is 0 Å². The molecule has 2 rings (SSSR count). The molecule has 2 aromatic rings. The number of carbonyl (C=O) groups is 1. The van der Waals surface area contributed by atoms with E-state index in [1.165, 1.54) is 25.3 Å². The number of nitrogens with one attached hydrogen (secondary N) is 1. The highest BCUT2D eigenvalue weighted by Crippen LogP contribution is 2.38. The van der Waals surface area contributed by atoms with Crippen LogP contribution in [-0.2, 0) is 0 Å². The zero-order chi connectivity index (χ0) is 16.3. The second-order valence-corrected chi connectivity index (χ2v) is 5.27. The minimum absolute atomic E-state index is 0.228. The Labute approximate surface area is 137 Å². The fourth-order valence-corrected chi connectivity index (χ4v) is 2.55. The molecule has 0 saturated heterocycles. The van der Waals surface area contributed by atoms with Crippen molar-refractivity contribution in [2.45, 2.75) is 6.10 Å². The van der Waals surface area contributed by atoms with Gasteiger partial charge in [-0.05, 0) is 24.3 Å². The summed E-state index contributed by atoms with van der Waals surface area (Å²) in [6.07, 6.45) is -2.40. The van der Waals surface area contributed by atoms with Gasteiger partial charge in [-0.15, -0.1) is 0 Å². The molecular weight excluding hydrogens is 329 g/mol. The molecule has 1 atom stereocenters. The van der Waals surface area contributed by atoms with E-state index in [9.17, 15) is 9.90 Å². The molecule has 7 heteroatoms. The number of amides is 1. The van der Waals surface area contributed by atoms with Gasteiger partial charge in [-0.1, -0.05) is 35.3 Å². The maximum atomic E-state index is 10.9. The lowest BCUT2D eigenvalue weighted by atomic mass is 9.99. The molecule has 1 unspecified atom stereocenters. The molecule has 0 bridgehead atoms. The van der Waals surface area contributed by atoms with Crippen LogP contribution in [0.1, 0.15) is 17.2 Å². The fourth-order valence-electron chi connectivity index (χ4n) is 2.11. The summed E-state index contributed by atoms with van der Waals surface area (Å²) in [7, 11) is 1.44. The van der Waals surface area contributed by atoms with Crippen molar-refractivity contribution in [1.29, 1.82) is 0 Å². The van der Waals surface area contributed by atoms with Gasteiger partial charge in [0.1, 0.15) is 11.9 Å². The Balaban J connectivity index is 2.53. The van der Waals surface area contributed by atoms with Gasteiger partial charge in [0.15, 0.2) is 0 Å². The van der Waals surface area contributed by atoms with E-state index in [2.05, 4.69) is 5.32 Å². The summed E-state index contributed by atoms with van der Waals surface area (Å²) in [5.41, 5.74) is 0.938. The molecule has 0 aliphatic carbocycles. The molecule has 0 heterocycles. The number of methoxy groups -OCH3 is 1. The molecule has 0 spiro atoms. The van der Waals surface area contributed by atoms with Crippen LogP contribution in [0.4, 0.5) is 10.5 Å². The Morgan fingerprint density at radius 1 is 1.23 bits per heavy atom. The maximum Gasteiger partial charge on any atom is 0.409 e. The topological polar surface area (TPSA) is 78.8 Å². The van der Waals surface area contributed by atoms with E-state index in [0.717, 1.165) is 0 Å². The number of para-hydroxylation sites is 1. The molecule has 22 heavy (non-hydrogen) atoms. The fraction of sp³-hybridized carbons (Fsp3) is 0.133. The van der Waals surface area contributed by atoms with Gasteiger partial charge in [0.05, 0.1) is 17.8 Å². The minimum atomic E-state index is -1.24. The average Bonchev–Trinajstić information content (AvgIpc) is 2.47. The van der Waals surface area contributed by atoms with Gasteiger partial charge in [-0.2, -0.15) is 0 Å². The van der Waals surface area contributed by atoms with Crippen LogP contribution in [-0.4, -0.2) is 23.4 Å². The molecule has 0 aliphatic heterocycles. The molecule has 0 saturated carbocycles. The van der Waals surface area contributed by atoms with E-state index in [1.54, 1.807) is 18.2 Å². The number of anilines is 1. The number of halogens is 2. The van der Waals surface area contributed by atoms with Crippen LogP contribution in [0.2, 0.25) is 10.0 Å². The second kappa shape index (κ2) is 6.87. The molecular formula is C15H13Cl2NO4. The zero-order valence-corrected chi connectivity index (χ0v) is 13.0. The van der Waals surface area contributed by atoms with Crippen molar-refractivity contribution in [1.82, 2.24) is 0 Å². The monoisotopic (exact) mass is 341 g/mol. The summed E-state index contributed by atoms with van der Waals surface area (Å²) >= 11 is 12.0. The van der Waals surface area contributed by atoms with Crippen molar-refractivity contribution in [2.75, 3.05) is 12.4 Å². The van der Waals surface area contributed by atoms with Gasteiger partial charge < -0.3 is 14.9 Å². The largest absolute Gasteiger partial charge is 0.495 e. The quantitative estimate of drug-likeness (QED) is 0.779. The van der Waals surface area contributed by atoms with Crippen molar-refractivity contribution in [3.05, 3.63) is 57.6 Å². The Morgan fingerprint density at radius 2 is 1.95 bits per heavy atom. The Kier molecular flexibility index (Phi) is 5.13. The number of ether oxygens (including phenoxy) is 1. The average molecular weight is 342 g/mol. The lowest BCUT2D eigenvalue weighted by Gasteiger charge is -2.19. The smallest absolute Gasteiger partial charge is 0.409 e. The van der Waals surface area contributed by atoms with E-state index in [0.29, 0.717) is 26.9 Å². The van der Waals surface area contributed by atoms with Crippen molar-refractivity contribution < 1.29 is 19.7 Å². The lowest BCUT2D eigenvalue weighted by molar-refractivity contribution is 0.208. The summed E-state index contributed by atoms with van der Waals surface area (Å²) < 4.78 is 5.21. The molecule has 2 aromatic carbocycles. The first-order chi connectivity index (χ1) is 10.4. The summed E-state index contributed by atoms with van der Waals surface area (Å²) in [6, 6.07) is 9.42. The number of benzene rings is 2. The highest BCUT2D eigenvalue weighted by molar-refractivity contribution is 6.32. The Morgan fingerprint density at radius 3 is 2.59 bits per heavy atom. The molecule has 0 aromatic heterocycles. The van der Waals surface area contributed by atoms with Crippen molar-refractivity contribution in [3.63, 3.8) is 0 Å². The molecule has 1 amide bonds. The first-order valence-electron chi connectivity index (χ1n) is 6.24. The van der Waals surface area contributed by atoms with Gasteiger partial charge in [0.2, 0.25) is 0 Å². The van der Waals surface area contributed by atoms with Crippen LogP contribution in [0, 0.1) is 0 Å². The van der Waals surface area contributed by atoms with Gasteiger partial charge in [0.25, 0.3) is 0 Å². The van der Waals surface area contributed by atoms with Crippen LogP contribution >= 0.6 is 23.2 Å². The van der Waals surface area contributed by atoms with Crippen LogP contribution in [0.3, 0.4) is 0 Å². The van der Waals surface area contributed by atoms with Gasteiger partial charge in [-0.3, -0.25) is 5.32 Å². The Hall–Kier alpha value is -1.95. The van der Waals surface area contributed by atoms with E-state index >= 15 is 0 Å². The molecule has 116 valence electrons. The first kappa shape index (κ1) is 16.4. The molecule has 3 N–H and O–H groups in total. The normalized spacial score (nSPS) is 11.8. The number of hydrogen-bond donors (Lipinski definition) is 3. The van der Waals surface area contributed by atoms with E-state index in [4.69, 9.17) is 33.0 Å².